The molecule has 2 aliphatic rings. The highest BCUT2D eigenvalue weighted by Crippen LogP contribution is 2.46. The summed E-state index contributed by atoms with van der Waals surface area (Å²) in [5, 5.41) is 7.19. The zero-order valence-corrected chi connectivity index (χ0v) is 19.6. The number of ether oxygens (including phenoxy) is 3. The van der Waals surface area contributed by atoms with Crippen LogP contribution < -0.4 is 24.8 Å². The molecule has 6 heteroatoms. The van der Waals surface area contributed by atoms with Crippen molar-refractivity contribution in [1.29, 1.82) is 0 Å². The van der Waals surface area contributed by atoms with E-state index >= 15 is 0 Å². The van der Waals surface area contributed by atoms with E-state index in [1.54, 1.807) is 21.3 Å². The number of nitrogens with one attached hydrogen (secondary N) is 2. The lowest BCUT2D eigenvalue weighted by Gasteiger charge is -2.30. The average Bonchev–Trinajstić information content (AvgIpc) is 3.05. The van der Waals surface area contributed by atoms with Crippen LogP contribution in [0.4, 0.5) is 11.4 Å². The number of ketones is 1. The van der Waals surface area contributed by atoms with Crippen LogP contribution in [-0.2, 0) is 4.79 Å². The van der Waals surface area contributed by atoms with Crippen LogP contribution in [0.1, 0.15) is 35.9 Å². The summed E-state index contributed by atoms with van der Waals surface area (Å²) in [7, 11) is 4.91. The van der Waals surface area contributed by atoms with Crippen LogP contribution in [-0.4, -0.2) is 27.1 Å². The maximum Gasteiger partial charge on any atom is 0.163 e. The van der Waals surface area contributed by atoms with E-state index in [2.05, 4.69) is 16.7 Å². The summed E-state index contributed by atoms with van der Waals surface area (Å²) in [6, 6.07) is 21.5. The van der Waals surface area contributed by atoms with Gasteiger partial charge in [0.15, 0.2) is 17.3 Å². The Bertz CT molecular complexity index is 1270. The SMILES string of the molecule is COc1ccc(C2Nc3ccccc3NC3=C2C(=O)CC(c2ccccc2OC)C3)cc1OC. The molecule has 5 rings (SSSR count). The lowest BCUT2D eigenvalue weighted by molar-refractivity contribution is -0.116. The predicted octanol–water partition coefficient (Wildman–Crippen LogP) is 5.69. The molecule has 0 radical (unpaired) electrons. The summed E-state index contributed by atoms with van der Waals surface area (Å²) in [6.07, 6.45) is 1.13. The molecule has 2 atom stereocenters. The van der Waals surface area contributed by atoms with Crippen molar-refractivity contribution in [1.82, 2.24) is 0 Å². The second kappa shape index (κ2) is 9.14. The van der Waals surface area contributed by atoms with Gasteiger partial charge in [-0.1, -0.05) is 36.4 Å². The Hall–Kier alpha value is -3.93. The molecule has 0 amide bonds. The number of methoxy groups -OCH3 is 3. The monoisotopic (exact) mass is 456 g/mol. The van der Waals surface area contributed by atoms with Gasteiger partial charge in [-0.05, 0) is 47.9 Å². The second-order valence-corrected chi connectivity index (χ2v) is 8.52. The molecule has 174 valence electrons. The molecular weight excluding hydrogens is 428 g/mol. The Morgan fingerprint density at radius 3 is 2.24 bits per heavy atom. The minimum Gasteiger partial charge on any atom is -0.496 e. The molecule has 0 fully saturated rings. The highest BCUT2D eigenvalue weighted by Gasteiger charge is 2.37. The number of fused-ring (bicyclic) bond motifs is 1. The topological polar surface area (TPSA) is 68.8 Å². The summed E-state index contributed by atoms with van der Waals surface area (Å²) in [5.74, 6) is 2.24. The number of benzene rings is 3. The highest BCUT2D eigenvalue weighted by molar-refractivity contribution is 6.01. The van der Waals surface area contributed by atoms with Crippen molar-refractivity contribution in [3.8, 4) is 17.2 Å². The highest BCUT2D eigenvalue weighted by atomic mass is 16.5. The van der Waals surface area contributed by atoms with Gasteiger partial charge in [0, 0.05) is 23.6 Å². The smallest absolute Gasteiger partial charge is 0.163 e. The van der Waals surface area contributed by atoms with Crippen LogP contribution in [0.15, 0.2) is 78.0 Å². The zero-order chi connectivity index (χ0) is 23.7. The van der Waals surface area contributed by atoms with E-state index in [9.17, 15) is 4.79 Å². The number of Topliss-reactive ketones (excluding diaryl/α,β-unsaturated/α-hetero) is 1. The van der Waals surface area contributed by atoms with E-state index in [0.29, 0.717) is 24.3 Å². The Morgan fingerprint density at radius 1 is 0.765 bits per heavy atom. The van der Waals surface area contributed by atoms with Crippen LogP contribution in [0.2, 0.25) is 0 Å². The average molecular weight is 457 g/mol. The van der Waals surface area contributed by atoms with Crippen molar-refractivity contribution in [2.24, 2.45) is 0 Å². The molecule has 3 aromatic rings. The third-order valence-electron chi connectivity index (χ3n) is 6.63. The first-order valence-electron chi connectivity index (χ1n) is 11.4. The molecule has 1 aliphatic heterocycles. The molecule has 1 heterocycles. The van der Waals surface area contributed by atoms with Crippen molar-refractivity contribution in [2.75, 3.05) is 32.0 Å². The van der Waals surface area contributed by atoms with Gasteiger partial charge in [-0.15, -0.1) is 0 Å². The lowest BCUT2D eigenvalue weighted by atomic mass is 9.78. The third kappa shape index (κ3) is 3.85. The van der Waals surface area contributed by atoms with Gasteiger partial charge in [-0.3, -0.25) is 4.79 Å². The molecule has 2 unspecified atom stereocenters. The van der Waals surface area contributed by atoms with Crippen molar-refractivity contribution >= 4 is 17.2 Å². The Labute approximate surface area is 199 Å². The molecule has 0 saturated carbocycles. The number of rotatable bonds is 5. The lowest BCUT2D eigenvalue weighted by Crippen LogP contribution is -2.27. The second-order valence-electron chi connectivity index (χ2n) is 8.52. The summed E-state index contributed by atoms with van der Waals surface area (Å²) >= 11 is 0. The summed E-state index contributed by atoms with van der Waals surface area (Å²) in [4.78, 5) is 13.7. The fraction of sp³-hybridized carbons (Fsp3) is 0.250. The normalized spacial score (nSPS) is 19.2. The van der Waals surface area contributed by atoms with Crippen LogP contribution in [0.25, 0.3) is 0 Å². The van der Waals surface area contributed by atoms with E-state index in [1.165, 1.54) is 0 Å². The third-order valence-corrected chi connectivity index (χ3v) is 6.63. The van der Waals surface area contributed by atoms with Gasteiger partial charge < -0.3 is 24.8 Å². The van der Waals surface area contributed by atoms with Gasteiger partial charge >= 0.3 is 0 Å². The van der Waals surface area contributed by atoms with E-state index in [0.717, 1.165) is 39.5 Å². The van der Waals surface area contributed by atoms with Gasteiger partial charge in [-0.25, -0.2) is 0 Å². The van der Waals surface area contributed by atoms with Crippen LogP contribution in [0, 0.1) is 0 Å². The van der Waals surface area contributed by atoms with Crippen molar-refractivity contribution in [3.05, 3.63) is 89.1 Å². The summed E-state index contributed by atoms with van der Waals surface area (Å²) < 4.78 is 16.6. The van der Waals surface area contributed by atoms with Crippen LogP contribution in [0.3, 0.4) is 0 Å². The van der Waals surface area contributed by atoms with Crippen LogP contribution in [0.5, 0.6) is 17.2 Å². The number of para-hydroxylation sites is 3. The quantitative estimate of drug-likeness (QED) is 0.514. The van der Waals surface area contributed by atoms with Crippen LogP contribution >= 0.6 is 0 Å². The molecule has 3 aromatic carbocycles. The predicted molar refractivity (Wildman–Crippen MR) is 133 cm³/mol. The van der Waals surface area contributed by atoms with Gasteiger partial charge in [0.05, 0.1) is 38.7 Å². The molecule has 0 saturated heterocycles. The minimum absolute atomic E-state index is 0.0335. The van der Waals surface area contributed by atoms with Gasteiger partial charge in [0.25, 0.3) is 0 Å². The molecular formula is C28H28N2O4. The first-order chi connectivity index (χ1) is 16.6. The number of allylic oxidation sites excluding steroid dienone is 1. The Balaban J connectivity index is 1.62. The van der Waals surface area contributed by atoms with Crippen molar-refractivity contribution in [3.63, 3.8) is 0 Å². The van der Waals surface area contributed by atoms with Gasteiger partial charge in [0.2, 0.25) is 0 Å². The van der Waals surface area contributed by atoms with Gasteiger partial charge in [0.1, 0.15) is 5.75 Å². The number of anilines is 2. The fourth-order valence-electron chi connectivity index (χ4n) is 5.00. The largest absolute Gasteiger partial charge is 0.496 e. The van der Waals surface area contributed by atoms with E-state index in [4.69, 9.17) is 14.2 Å². The molecule has 6 nitrogen and oxygen atoms in total. The molecule has 0 bridgehead atoms. The molecule has 0 aromatic heterocycles. The number of carbonyl (C=O) groups excluding carboxylic acids is 1. The fourth-order valence-corrected chi connectivity index (χ4v) is 5.00. The summed E-state index contributed by atoms with van der Waals surface area (Å²) in [6.45, 7) is 0. The number of carbonyl (C=O) groups is 1. The van der Waals surface area contributed by atoms with Crippen molar-refractivity contribution < 1.29 is 19.0 Å². The molecule has 0 spiro atoms. The first kappa shape index (κ1) is 21.9. The summed E-state index contributed by atoms with van der Waals surface area (Å²) in [5.41, 5.74) is 5.58. The van der Waals surface area contributed by atoms with Crippen molar-refractivity contribution in [2.45, 2.75) is 24.8 Å². The Kier molecular flexibility index (Phi) is 5.88. The Morgan fingerprint density at radius 2 is 1.47 bits per heavy atom. The van der Waals surface area contributed by atoms with Gasteiger partial charge in [-0.2, -0.15) is 0 Å². The number of hydrogen-bond acceptors (Lipinski definition) is 6. The molecule has 34 heavy (non-hydrogen) atoms. The van der Waals surface area contributed by atoms with E-state index in [1.807, 2.05) is 60.7 Å². The van der Waals surface area contributed by atoms with E-state index < -0.39 is 0 Å². The first-order valence-corrected chi connectivity index (χ1v) is 11.4. The standard InChI is InChI=1S/C28H28N2O4/c1-32-24-11-7-4-8-19(24)18-14-22-27(23(31)15-18)28(30-21-10-6-5-9-20(21)29-22)17-12-13-25(33-2)26(16-17)34-3/h4-13,16,18,28-30H,14-15H2,1-3H3. The maximum absolute atomic E-state index is 13.7. The zero-order valence-electron chi connectivity index (χ0n) is 19.6. The number of hydrogen-bond donors (Lipinski definition) is 2. The van der Waals surface area contributed by atoms with E-state index in [-0.39, 0.29) is 17.7 Å². The molecule has 1 aliphatic carbocycles. The minimum atomic E-state index is -0.322. The maximum atomic E-state index is 13.7. The molecule has 2 N–H and O–H groups in total.